The molecule has 1 aromatic rings. The second-order valence-corrected chi connectivity index (χ2v) is 5.13. The maximum atomic E-state index is 9.79. The number of ether oxygens (including phenoxy) is 1. The van der Waals surface area contributed by atoms with Crippen LogP contribution in [0.2, 0.25) is 0 Å². The molecular weight excluding hydrogens is 200 g/mol. The average Bonchev–Trinajstić information content (AvgIpc) is 2.19. The Morgan fingerprint density at radius 3 is 2.50 bits per heavy atom. The summed E-state index contributed by atoms with van der Waals surface area (Å²) in [7, 11) is 0. The van der Waals surface area contributed by atoms with Crippen molar-refractivity contribution in [2.45, 2.75) is 46.0 Å². The van der Waals surface area contributed by atoms with E-state index in [1.165, 1.54) is 0 Å². The van der Waals surface area contributed by atoms with E-state index >= 15 is 0 Å². The predicted octanol–water partition coefficient (Wildman–Crippen LogP) is 3.87. The molecule has 0 unspecified atom stereocenters. The molecule has 0 fully saturated rings. The molecular formula is C14H22O2. The Hall–Kier alpha value is -1.18. The van der Waals surface area contributed by atoms with E-state index in [0.717, 1.165) is 30.8 Å². The molecule has 0 bridgehead atoms. The Morgan fingerprint density at radius 2 is 1.94 bits per heavy atom. The average molecular weight is 222 g/mol. The molecule has 1 rings (SSSR count). The molecule has 0 aliphatic carbocycles. The minimum Gasteiger partial charge on any atom is -0.508 e. The Kier molecular flexibility index (Phi) is 4.22. The van der Waals surface area contributed by atoms with Crippen molar-refractivity contribution in [1.82, 2.24) is 0 Å². The lowest BCUT2D eigenvalue weighted by atomic mass is 9.86. The van der Waals surface area contributed by atoms with Gasteiger partial charge in [0, 0.05) is 5.56 Å². The van der Waals surface area contributed by atoms with Crippen LogP contribution in [0.4, 0.5) is 0 Å². The van der Waals surface area contributed by atoms with E-state index < -0.39 is 0 Å². The van der Waals surface area contributed by atoms with E-state index in [1.54, 1.807) is 6.07 Å². The van der Waals surface area contributed by atoms with Gasteiger partial charge >= 0.3 is 0 Å². The van der Waals surface area contributed by atoms with Crippen molar-refractivity contribution in [2.24, 2.45) is 0 Å². The van der Waals surface area contributed by atoms with Gasteiger partial charge in [0.2, 0.25) is 0 Å². The van der Waals surface area contributed by atoms with Gasteiger partial charge in [-0.15, -0.1) is 0 Å². The van der Waals surface area contributed by atoms with Crippen molar-refractivity contribution >= 4 is 0 Å². The number of hydrogen-bond acceptors (Lipinski definition) is 2. The molecule has 0 aliphatic heterocycles. The lowest BCUT2D eigenvalue weighted by Crippen LogP contribution is -2.11. The number of aromatic hydroxyl groups is 1. The first-order chi connectivity index (χ1) is 7.45. The number of hydrogen-bond donors (Lipinski definition) is 1. The fraction of sp³-hybridized carbons (Fsp3) is 0.571. The molecule has 16 heavy (non-hydrogen) atoms. The highest BCUT2D eigenvalue weighted by molar-refractivity contribution is 5.43. The summed E-state index contributed by atoms with van der Waals surface area (Å²) >= 11 is 0. The highest BCUT2D eigenvalue weighted by Crippen LogP contribution is 2.33. The van der Waals surface area contributed by atoms with Crippen molar-refractivity contribution in [1.29, 1.82) is 0 Å². The van der Waals surface area contributed by atoms with Crippen molar-refractivity contribution in [3.63, 3.8) is 0 Å². The normalized spacial score (nSPS) is 11.5. The summed E-state index contributed by atoms with van der Waals surface area (Å²) in [5.41, 5.74) is 0.871. The molecule has 0 aromatic heterocycles. The smallest absolute Gasteiger partial charge is 0.119 e. The zero-order valence-electron chi connectivity index (χ0n) is 10.7. The van der Waals surface area contributed by atoms with E-state index in [4.69, 9.17) is 4.74 Å². The van der Waals surface area contributed by atoms with Crippen molar-refractivity contribution in [3.05, 3.63) is 23.8 Å². The van der Waals surface area contributed by atoms with Crippen LogP contribution in [0.3, 0.4) is 0 Å². The van der Waals surface area contributed by atoms with Crippen molar-refractivity contribution in [2.75, 3.05) is 6.61 Å². The molecule has 0 saturated carbocycles. The molecule has 90 valence electrons. The van der Waals surface area contributed by atoms with Crippen LogP contribution in [0.25, 0.3) is 0 Å². The first kappa shape index (κ1) is 12.9. The maximum Gasteiger partial charge on any atom is 0.119 e. The zero-order valence-corrected chi connectivity index (χ0v) is 10.7. The summed E-state index contributed by atoms with van der Waals surface area (Å²) in [5, 5.41) is 9.79. The summed E-state index contributed by atoms with van der Waals surface area (Å²) < 4.78 is 5.63. The third kappa shape index (κ3) is 3.44. The van der Waals surface area contributed by atoms with Gasteiger partial charge in [0.1, 0.15) is 11.5 Å². The van der Waals surface area contributed by atoms with E-state index in [0.29, 0.717) is 5.75 Å². The molecule has 1 aromatic carbocycles. The summed E-state index contributed by atoms with van der Waals surface area (Å²) in [6, 6.07) is 5.47. The fourth-order valence-electron chi connectivity index (χ4n) is 1.54. The second-order valence-electron chi connectivity index (χ2n) is 5.13. The van der Waals surface area contributed by atoms with E-state index in [-0.39, 0.29) is 5.41 Å². The van der Waals surface area contributed by atoms with Gasteiger partial charge in [-0.3, -0.25) is 0 Å². The summed E-state index contributed by atoms with van der Waals surface area (Å²) in [4.78, 5) is 0. The van der Waals surface area contributed by atoms with Crippen LogP contribution in [0.15, 0.2) is 18.2 Å². The molecule has 0 saturated heterocycles. The second kappa shape index (κ2) is 5.24. The van der Waals surface area contributed by atoms with Gasteiger partial charge in [-0.1, -0.05) is 34.1 Å². The van der Waals surface area contributed by atoms with Crippen LogP contribution < -0.4 is 4.74 Å². The Bertz CT molecular complexity index is 337. The van der Waals surface area contributed by atoms with Crippen LogP contribution in [-0.4, -0.2) is 11.7 Å². The molecule has 0 aliphatic rings. The quantitative estimate of drug-likeness (QED) is 0.784. The molecule has 0 heterocycles. The molecule has 0 radical (unpaired) electrons. The standard InChI is InChI=1S/C14H22O2/c1-5-6-9-16-11-7-8-13(15)12(10-11)14(2,3)4/h7-8,10,15H,5-6,9H2,1-4H3. The van der Waals surface area contributed by atoms with Gasteiger partial charge in [0.15, 0.2) is 0 Å². The third-order valence-electron chi connectivity index (χ3n) is 2.54. The van der Waals surface area contributed by atoms with E-state index in [1.807, 2.05) is 12.1 Å². The predicted molar refractivity (Wildman–Crippen MR) is 67.2 cm³/mol. The number of rotatable bonds is 4. The van der Waals surface area contributed by atoms with Gasteiger partial charge in [-0.25, -0.2) is 0 Å². The van der Waals surface area contributed by atoms with Gasteiger partial charge in [-0.05, 0) is 30.0 Å². The zero-order chi connectivity index (χ0) is 12.2. The fourth-order valence-corrected chi connectivity index (χ4v) is 1.54. The highest BCUT2D eigenvalue weighted by Gasteiger charge is 2.18. The van der Waals surface area contributed by atoms with Gasteiger partial charge in [-0.2, -0.15) is 0 Å². The van der Waals surface area contributed by atoms with E-state index in [2.05, 4.69) is 27.7 Å². The Balaban J connectivity index is 2.82. The maximum absolute atomic E-state index is 9.79. The van der Waals surface area contributed by atoms with Crippen molar-refractivity contribution in [3.8, 4) is 11.5 Å². The lowest BCUT2D eigenvalue weighted by molar-refractivity contribution is 0.307. The summed E-state index contributed by atoms with van der Waals surface area (Å²) in [6.07, 6.45) is 2.19. The SMILES string of the molecule is CCCCOc1ccc(O)c(C(C)(C)C)c1. The molecule has 2 heteroatoms. The molecule has 0 atom stereocenters. The first-order valence-electron chi connectivity index (χ1n) is 5.91. The number of phenols is 1. The first-order valence-corrected chi connectivity index (χ1v) is 5.91. The molecule has 1 N–H and O–H groups in total. The summed E-state index contributed by atoms with van der Waals surface area (Å²) in [5.74, 6) is 1.19. The van der Waals surface area contributed by atoms with Crippen LogP contribution in [0, 0.1) is 0 Å². The van der Waals surface area contributed by atoms with Crippen LogP contribution in [0.1, 0.15) is 46.1 Å². The van der Waals surface area contributed by atoms with Crippen LogP contribution >= 0.6 is 0 Å². The van der Waals surface area contributed by atoms with Crippen molar-refractivity contribution < 1.29 is 9.84 Å². The number of phenolic OH excluding ortho intramolecular Hbond substituents is 1. The van der Waals surface area contributed by atoms with Gasteiger partial charge in [0.25, 0.3) is 0 Å². The molecule has 0 spiro atoms. The summed E-state index contributed by atoms with van der Waals surface area (Å²) in [6.45, 7) is 9.12. The Labute approximate surface area is 98.3 Å². The minimum atomic E-state index is -0.0613. The lowest BCUT2D eigenvalue weighted by Gasteiger charge is -2.21. The van der Waals surface area contributed by atoms with Crippen LogP contribution in [0.5, 0.6) is 11.5 Å². The molecule has 0 amide bonds. The molecule has 2 nitrogen and oxygen atoms in total. The number of unbranched alkanes of at least 4 members (excludes halogenated alkanes) is 1. The van der Waals surface area contributed by atoms with Gasteiger partial charge in [0.05, 0.1) is 6.61 Å². The topological polar surface area (TPSA) is 29.5 Å². The minimum absolute atomic E-state index is 0.0613. The monoisotopic (exact) mass is 222 g/mol. The third-order valence-corrected chi connectivity index (χ3v) is 2.54. The highest BCUT2D eigenvalue weighted by atomic mass is 16.5. The number of benzene rings is 1. The Morgan fingerprint density at radius 1 is 1.25 bits per heavy atom. The van der Waals surface area contributed by atoms with E-state index in [9.17, 15) is 5.11 Å². The van der Waals surface area contributed by atoms with Gasteiger partial charge < -0.3 is 9.84 Å². The van der Waals surface area contributed by atoms with Crippen LogP contribution in [-0.2, 0) is 5.41 Å². The largest absolute Gasteiger partial charge is 0.508 e.